The van der Waals surface area contributed by atoms with Crippen molar-refractivity contribution in [2.45, 2.75) is 33.1 Å². The first-order valence-corrected chi connectivity index (χ1v) is 5.45. The maximum Gasteiger partial charge on any atom is 0.221 e. The van der Waals surface area contributed by atoms with E-state index in [9.17, 15) is 9.59 Å². The van der Waals surface area contributed by atoms with Crippen LogP contribution in [0, 0.1) is 6.92 Å². The fourth-order valence-electron chi connectivity index (χ4n) is 2.42. The normalized spacial score (nSPS) is 18.4. The van der Waals surface area contributed by atoms with E-state index in [1.54, 1.807) is 0 Å². The van der Waals surface area contributed by atoms with Gasteiger partial charge in [-0.05, 0) is 36.1 Å². The van der Waals surface area contributed by atoms with E-state index in [4.69, 9.17) is 0 Å². The number of fused-ring (bicyclic) bond motifs is 1. The van der Waals surface area contributed by atoms with E-state index in [-0.39, 0.29) is 17.6 Å². The number of rotatable bonds is 1. The summed E-state index contributed by atoms with van der Waals surface area (Å²) in [7, 11) is 0. The van der Waals surface area contributed by atoms with Gasteiger partial charge in [0.2, 0.25) is 5.91 Å². The molecular weight excluding hydrogens is 202 g/mol. The molecule has 0 radical (unpaired) electrons. The molecule has 0 saturated heterocycles. The third-order valence-electron chi connectivity index (χ3n) is 3.11. The summed E-state index contributed by atoms with van der Waals surface area (Å²) < 4.78 is 0. The lowest BCUT2D eigenvalue weighted by atomic mass is 9.96. The number of carbonyl (C=O) groups excluding carboxylic acids is 2. The lowest BCUT2D eigenvalue weighted by molar-refractivity contribution is -0.114. The van der Waals surface area contributed by atoms with Gasteiger partial charge in [-0.2, -0.15) is 0 Å². The van der Waals surface area contributed by atoms with Gasteiger partial charge in [0, 0.05) is 24.6 Å². The number of ketones is 1. The molecule has 0 spiro atoms. The van der Waals surface area contributed by atoms with Crippen molar-refractivity contribution in [3.8, 4) is 0 Å². The summed E-state index contributed by atoms with van der Waals surface area (Å²) in [5, 5.41) is 2.79. The lowest BCUT2D eigenvalue weighted by Crippen LogP contribution is -2.08. The number of anilines is 1. The van der Waals surface area contributed by atoms with Gasteiger partial charge in [0.25, 0.3) is 0 Å². The number of nitrogens with one attached hydrogen (secondary N) is 1. The van der Waals surface area contributed by atoms with Gasteiger partial charge in [-0.3, -0.25) is 9.59 Å². The van der Waals surface area contributed by atoms with Crippen LogP contribution in [-0.2, 0) is 4.79 Å². The molecule has 0 heterocycles. The minimum atomic E-state index is -0.0833. The Balaban J connectivity index is 2.52. The zero-order valence-electron chi connectivity index (χ0n) is 9.76. The smallest absolute Gasteiger partial charge is 0.221 e. The third-order valence-corrected chi connectivity index (χ3v) is 3.11. The largest absolute Gasteiger partial charge is 0.326 e. The molecule has 1 aliphatic carbocycles. The van der Waals surface area contributed by atoms with Crippen molar-refractivity contribution < 1.29 is 9.59 Å². The van der Waals surface area contributed by atoms with Crippen molar-refractivity contribution in [1.82, 2.24) is 0 Å². The highest BCUT2D eigenvalue weighted by atomic mass is 16.1. The van der Waals surface area contributed by atoms with E-state index in [1.807, 2.05) is 26.0 Å². The highest BCUT2D eigenvalue weighted by Gasteiger charge is 2.28. The Kier molecular flexibility index (Phi) is 2.54. The zero-order valence-corrected chi connectivity index (χ0v) is 9.76. The van der Waals surface area contributed by atoms with Crippen LogP contribution in [0.5, 0.6) is 0 Å². The Bertz CT molecular complexity index is 477. The fourth-order valence-corrected chi connectivity index (χ4v) is 2.42. The molecule has 1 unspecified atom stereocenters. The highest BCUT2D eigenvalue weighted by Crippen LogP contribution is 2.37. The van der Waals surface area contributed by atoms with Gasteiger partial charge in [0.05, 0.1) is 0 Å². The maximum absolute atomic E-state index is 11.7. The second-order valence-corrected chi connectivity index (χ2v) is 4.41. The summed E-state index contributed by atoms with van der Waals surface area (Å²) in [6.07, 6.45) is 0.583. The first kappa shape index (κ1) is 10.9. The second kappa shape index (κ2) is 3.74. The molecule has 1 amide bonds. The number of hydrogen-bond donors (Lipinski definition) is 1. The van der Waals surface area contributed by atoms with E-state index in [0.717, 1.165) is 22.4 Å². The van der Waals surface area contributed by atoms with Crippen molar-refractivity contribution in [1.29, 1.82) is 0 Å². The van der Waals surface area contributed by atoms with Crippen LogP contribution in [0.4, 0.5) is 5.69 Å². The summed E-state index contributed by atoms with van der Waals surface area (Å²) in [6.45, 7) is 5.49. The van der Waals surface area contributed by atoms with Gasteiger partial charge in [-0.25, -0.2) is 0 Å². The molecule has 0 aliphatic heterocycles. The van der Waals surface area contributed by atoms with E-state index >= 15 is 0 Å². The molecule has 1 aliphatic rings. The monoisotopic (exact) mass is 217 g/mol. The number of hydrogen-bond acceptors (Lipinski definition) is 2. The maximum atomic E-state index is 11.7. The van der Waals surface area contributed by atoms with Crippen molar-refractivity contribution >= 4 is 17.4 Å². The molecular formula is C13H15NO2. The number of Topliss-reactive ketones (excluding diaryl/α,β-unsaturated/α-hetero) is 1. The molecule has 0 aromatic heterocycles. The fraction of sp³-hybridized carbons (Fsp3) is 0.385. The standard InChI is InChI=1S/C13H15NO2/c1-7-6-12(16)10-4-5-11(14-9(3)15)8(2)13(7)10/h4-5,7H,6H2,1-3H3,(H,14,15). The van der Waals surface area contributed by atoms with E-state index < -0.39 is 0 Å². The van der Waals surface area contributed by atoms with Crippen LogP contribution in [0.1, 0.15) is 47.7 Å². The minimum Gasteiger partial charge on any atom is -0.326 e. The summed E-state index contributed by atoms with van der Waals surface area (Å²) in [5.74, 6) is 0.385. The Hall–Kier alpha value is -1.64. The van der Waals surface area contributed by atoms with Crippen LogP contribution < -0.4 is 5.32 Å². The Morgan fingerprint density at radius 1 is 1.44 bits per heavy atom. The number of amides is 1. The molecule has 1 atom stereocenters. The number of benzene rings is 1. The van der Waals surface area contributed by atoms with Gasteiger partial charge in [0.1, 0.15) is 0 Å². The van der Waals surface area contributed by atoms with Crippen molar-refractivity contribution in [2.24, 2.45) is 0 Å². The van der Waals surface area contributed by atoms with Crippen LogP contribution in [0.25, 0.3) is 0 Å². The first-order valence-electron chi connectivity index (χ1n) is 5.45. The summed E-state index contributed by atoms with van der Waals surface area (Å²) in [5.41, 5.74) is 3.74. The Morgan fingerprint density at radius 2 is 2.12 bits per heavy atom. The van der Waals surface area contributed by atoms with Crippen LogP contribution in [0.3, 0.4) is 0 Å². The molecule has 0 fully saturated rings. The minimum absolute atomic E-state index is 0.0833. The van der Waals surface area contributed by atoms with E-state index in [0.29, 0.717) is 6.42 Å². The molecule has 2 rings (SSSR count). The average molecular weight is 217 g/mol. The zero-order chi connectivity index (χ0) is 11.9. The first-order chi connectivity index (χ1) is 7.50. The molecule has 16 heavy (non-hydrogen) atoms. The van der Waals surface area contributed by atoms with Crippen LogP contribution in [0.2, 0.25) is 0 Å². The van der Waals surface area contributed by atoms with Crippen molar-refractivity contribution in [2.75, 3.05) is 5.32 Å². The van der Waals surface area contributed by atoms with E-state index in [2.05, 4.69) is 5.32 Å². The molecule has 84 valence electrons. The van der Waals surface area contributed by atoms with Crippen molar-refractivity contribution in [3.63, 3.8) is 0 Å². The molecule has 3 heteroatoms. The quantitative estimate of drug-likeness (QED) is 0.786. The lowest BCUT2D eigenvalue weighted by Gasteiger charge is -2.13. The van der Waals surface area contributed by atoms with Gasteiger partial charge in [-0.15, -0.1) is 0 Å². The van der Waals surface area contributed by atoms with Gasteiger partial charge >= 0.3 is 0 Å². The van der Waals surface area contributed by atoms with Crippen LogP contribution in [0.15, 0.2) is 12.1 Å². The topological polar surface area (TPSA) is 46.2 Å². The molecule has 1 aromatic carbocycles. The molecule has 1 N–H and O–H groups in total. The Labute approximate surface area is 94.9 Å². The summed E-state index contributed by atoms with van der Waals surface area (Å²) >= 11 is 0. The Morgan fingerprint density at radius 3 is 2.75 bits per heavy atom. The molecule has 0 bridgehead atoms. The average Bonchev–Trinajstić information content (AvgIpc) is 2.46. The van der Waals surface area contributed by atoms with Gasteiger partial charge in [0.15, 0.2) is 5.78 Å². The predicted octanol–water partition coefficient (Wildman–Crippen LogP) is 2.64. The molecule has 1 aromatic rings. The third kappa shape index (κ3) is 1.62. The molecule has 0 saturated carbocycles. The summed E-state index contributed by atoms with van der Waals surface area (Å²) in [6, 6.07) is 3.63. The SMILES string of the molecule is CC(=O)Nc1ccc2c(c1C)C(C)CC2=O. The van der Waals surface area contributed by atoms with Gasteiger partial charge < -0.3 is 5.32 Å². The summed E-state index contributed by atoms with van der Waals surface area (Å²) in [4.78, 5) is 22.7. The van der Waals surface area contributed by atoms with Crippen LogP contribution in [-0.4, -0.2) is 11.7 Å². The van der Waals surface area contributed by atoms with E-state index in [1.165, 1.54) is 6.92 Å². The second-order valence-electron chi connectivity index (χ2n) is 4.41. The predicted molar refractivity (Wildman–Crippen MR) is 62.8 cm³/mol. The molecule has 3 nitrogen and oxygen atoms in total. The van der Waals surface area contributed by atoms with Crippen molar-refractivity contribution in [3.05, 3.63) is 28.8 Å². The van der Waals surface area contributed by atoms with Crippen LogP contribution >= 0.6 is 0 Å². The van der Waals surface area contributed by atoms with Gasteiger partial charge in [-0.1, -0.05) is 6.92 Å². The highest BCUT2D eigenvalue weighted by molar-refractivity contribution is 6.03. The number of carbonyl (C=O) groups is 2.